The van der Waals surface area contributed by atoms with Gasteiger partial charge in [-0.25, -0.2) is 4.79 Å². The second-order valence-electron chi connectivity index (χ2n) is 4.36. The number of hydrogen-bond donors (Lipinski definition) is 2. The maximum atomic E-state index is 11.5. The van der Waals surface area contributed by atoms with Crippen molar-refractivity contribution in [3.63, 3.8) is 0 Å². The van der Waals surface area contributed by atoms with Crippen LogP contribution >= 0.6 is 0 Å². The molecule has 0 aliphatic carbocycles. The van der Waals surface area contributed by atoms with Gasteiger partial charge in [-0.2, -0.15) is 0 Å². The zero-order valence-electron chi connectivity index (χ0n) is 11.8. The number of amides is 1. The Kier molecular flexibility index (Phi) is 5.65. The topological polar surface area (TPSA) is 113 Å². The Morgan fingerprint density at radius 1 is 1.43 bits per heavy atom. The molecule has 2 N–H and O–H groups in total. The van der Waals surface area contributed by atoms with Crippen molar-refractivity contribution in [2.75, 3.05) is 25.0 Å². The summed E-state index contributed by atoms with van der Waals surface area (Å²) in [5.41, 5.74) is -0.156. The number of rotatable bonds is 7. The van der Waals surface area contributed by atoms with Crippen LogP contribution in [-0.2, 0) is 4.79 Å². The molecule has 114 valence electrons. The number of carbonyl (C=O) groups is 2. The number of nitro benzene ring substituents is 1. The number of likely N-dealkylation sites (N-methyl/N-ethyl adjacent to an activating group) is 1. The van der Waals surface area contributed by atoms with E-state index in [0.29, 0.717) is 13.0 Å². The lowest BCUT2D eigenvalue weighted by atomic mass is 10.1. The number of aromatic carboxylic acids is 1. The molecule has 0 saturated heterocycles. The molecule has 0 bridgehead atoms. The van der Waals surface area contributed by atoms with Crippen LogP contribution in [0.25, 0.3) is 0 Å². The standard InChI is InChI=1S/C13H17N3O5/c1-3-6-15(8-12(17)14-2)11-7-9(13(18)19)4-5-10(11)16(20)21/h4-5,7H,3,6,8H2,1-2H3,(H,14,17)(H,18,19). The van der Waals surface area contributed by atoms with E-state index in [4.69, 9.17) is 5.11 Å². The van der Waals surface area contributed by atoms with Crippen LogP contribution in [0.15, 0.2) is 18.2 Å². The lowest BCUT2D eigenvalue weighted by Gasteiger charge is -2.23. The molecule has 0 fully saturated rings. The second kappa shape index (κ2) is 7.22. The number of carboxylic acids is 1. The third kappa shape index (κ3) is 4.16. The van der Waals surface area contributed by atoms with E-state index in [1.807, 2.05) is 6.92 Å². The summed E-state index contributed by atoms with van der Waals surface area (Å²) in [5.74, 6) is -1.49. The fraction of sp³-hybridized carbons (Fsp3) is 0.385. The summed E-state index contributed by atoms with van der Waals surface area (Å²) in [4.78, 5) is 34.6. The number of benzene rings is 1. The van der Waals surface area contributed by atoms with Crippen molar-refractivity contribution < 1.29 is 19.6 Å². The van der Waals surface area contributed by atoms with Gasteiger partial charge in [0.15, 0.2) is 0 Å². The minimum absolute atomic E-state index is 0.0615. The van der Waals surface area contributed by atoms with Crippen molar-refractivity contribution in [3.8, 4) is 0 Å². The fourth-order valence-corrected chi connectivity index (χ4v) is 1.87. The molecule has 0 aromatic heterocycles. The number of carboxylic acid groups (broad SMARTS) is 1. The van der Waals surface area contributed by atoms with E-state index < -0.39 is 10.9 Å². The molecule has 0 heterocycles. The van der Waals surface area contributed by atoms with Crippen molar-refractivity contribution in [1.82, 2.24) is 5.32 Å². The van der Waals surface area contributed by atoms with Gasteiger partial charge in [-0.1, -0.05) is 6.92 Å². The van der Waals surface area contributed by atoms with Gasteiger partial charge in [0.2, 0.25) is 5.91 Å². The first kappa shape index (κ1) is 16.4. The highest BCUT2D eigenvalue weighted by Crippen LogP contribution is 2.29. The lowest BCUT2D eigenvalue weighted by molar-refractivity contribution is -0.384. The third-order valence-electron chi connectivity index (χ3n) is 2.87. The Morgan fingerprint density at radius 2 is 2.10 bits per heavy atom. The molecule has 8 nitrogen and oxygen atoms in total. The largest absolute Gasteiger partial charge is 0.478 e. The van der Waals surface area contributed by atoms with Crippen molar-refractivity contribution in [1.29, 1.82) is 0 Å². The van der Waals surface area contributed by atoms with E-state index in [0.717, 1.165) is 6.07 Å². The Morgan fingerprint density at radius 3 is 2.57 bits per heavy atom. The molecule has 21 heavy (non-hydrogen) atoms. The number of nitrogens with one attached hydrogen (secondary N) is 1. The molecule has 0 saturated carbocycles. The molecule has 0 atom stereocenters. The van der Waals surface area contributed by atoms with E-state index in [1.54, 1.807) is 0 Å². The summed E-state index contributed by atoms with van der Waals surface area (Å²) < 4.78 is 0. The van der Waals surface area contributed by atoms with Gasteiger partial charge < -0.3 is 15.3 Å². The predicted octanol–water partition coefficient (Wildman–Crippen LogP) is 1.26. The van der Waals surface area contributed by atoms with Crippen LogP contribution in [0.2, 0.25) is 0 Å². The fourth-order valence-electron chi connectivity index (χ4n) is 1.87. The summed E-state index contributed by atoms with van der Waals surface area (Å²) in [7, 11) is 1.47. The zero-order valence-corrected chi connectivity index (χ0v) is 11.8. The lowest BCUT2D eigenvalue weighted by Crippen LogP contribution is -2.36. The maximum absolute atomic E-state index is 11.5. The number of hydrogen-bond acceptors (Lipinski definition) is 5. The molecule has 0 unspecified atom stereocenters. The first-order valence-corrected chi connectivity index (χ1v) is 6.38. The minimum atomic E-state index is -1.18. The average Bonchev–Trinajstić information content (AvgIpc) is 2.45. The first-order chi connectivity index (χ1) is 9.90. The molecule has 0 aliphatic rings. The van der Waals surface area contributed by atoms with Crippen LogP contribution < -0.4 is 10.2 Å². The molecule has 1 aromatic carbocycles. The Bertz CT molecular complexity index is 559. The molecule has 0 aliphatic heterocycles. The molecule has 1 rings (SSSR count). The number of anilines is 1. The van der Waals surface area contributed by atoms with Gasteiger partial charge in [0.1, 0.15) is 5.69 Å². The van der Waals surface area contributed by atoms with E-state index in [2.05, 4.69) is 5.32 Å². The van der Waals surface area contributed by atoms with Gasteiger partial charge in [-0.05, 0) is 18.6 Å². The SMILES string of the molecule is CCCN(CC(=O)NC)c1cc(C(=O)O)ccc1[N+](=O)[O-]. The van der Waals surface area contributed by atoms with Gasteiger partial charge in [-0.3, -0.25) is 14.9 Å². The number of nitro groups is 1. The van der Waals surface area contributed by atoms with Crippen LogP contribution in [0.5, 0.6) is 0 Å². The van der Waals surface area contributed by atoms with E-state index in [1.165, 1.54) is 24.1 Å². The second-order valence-corrected chi connectivity index (χ2v) is 4.36. The molecular formula is C13H17N3O5. The molecule has 0 radical (unpaired) electrons. The molecule has 1 amide bonds. The smallest absolute Gasteiger partial charge is 0.335 e. The monoisotopic (exact) mass is 295 g/mol. The maximum Gasteiger partial charge on any atom is 0.335 e. The predicted molar refractivity (Wildman–Crippen MR) is 76.6 cm³/mol. The highest BCUT2D eigenvalue weighted by atomic mass is 16.6. The minimum Gasteiger partial charge on any atom is -0.478 e. The van der Waals surface area contributed by atoms with Crippen molar-refractivity contribution in [3.05, 3.63) is 33.9 Å². The van der Waals surface area contributed by atoms with Crippen molar-refractivity contribution in [2.45, 2.75) is 13.3 Å². The molecule has 8 heteroatoms. The summed E-state index contributed by atoms with van der Waals surface area (Å²) >= 11 is 0. The van der Waals surface area contributed by atoms with Gasteiger partial charge in [0, 0.05) is 19.7 Å². The summed E-state index contributed by atoms with van der Waals surface area (Å²) in [6.45, 7) is 2.19. The van der Waals surface area contributed by atoms with Gasteiger partial charge >= 0.3 is 5.97 Å². The van der Waals surface area contributed by atoms with Crippen LogP contribution in [0, 0.1) is 10.1 Å². The average molecular weight is 295 g/mol. The summed E-state index contributed by atoms with van der Waals surface area (Å²) in [6, 6.07) is 3.54. The summed E-state index contributed by atoms with van der Waals surface area (Å²) in [5, 5.41) is 22.6. The van der Waals surface area contributed by atoms with Crippen molar-refractivity contribution in [2.24, 2.45) is 0 Å². The van der Waals surface area contributed by atoms with Crippen LogP contribution in [-0.4, -0.2) is 42.0 Å². The first-order valence-electron chi connectivity index (χ1n) is 6.38. The van der Waals surface area contributed by atoms with Gasteiger partial charge in [0.05, 0.1) is 17.0 Å². The quantitative estimate of drug-likeness (QED) is 0.578. The van der Waals surface area contributed by atoms with E-state index >= 15 is 0 Å². The summed E-state index contributed by atoms with van der Waals surface area (Å²) in [6.07, 6.45) is 0.658. The Labute approximate surface area is 121 Å². The number of nitrogens with zero attached hydrogens (tertiary/aromatic N) is 2. The van der Waals surface area contributed by atoms with E-state index in [9.17, 15) is 19.7 Å². The van der Waals surface area contributed by atoms with Crippen LogP contribution in [0.1, 0.15) is 23.7 Å². The molecule has 0 spiro atoms. The zero-order chi connectivity index (χ0) is 16.0. The third-order valence-corrected chi connectivity index (χ3v) is 2.87. The van der Waals surface area contributed by atoms with E-state index in [-0.39, 0.29) is 29.4 Å². The molecular weight excluding hydrogens is 278 g/mol. The number of carbonyl (C=O) groups excluding carboxylic acids is 1. The van der Waals surface area contributed by atoms with Gasteiger partial charge in [-0.15, -0.1) is 0 Å². The van der Waals surface area contributed by atoms with Crippen LogP contribution in [0.4, 0.5) is 11.4 Å². The Balaban J connectivity index is 3.30. The van der Waals surface area contributed by atoms with Crippen molar-refractivity contribution >= 4 is 23.3 Å². The highest BCUT2D eigenvalue weighted by molar-refractivity contribution is 5.91. The normalized spacial score (nSPS) is 10.0. The Hall–Kier alpha value is -2.64. The highest BCUT2D eigenvalue weighted by Gasteiger charge is 2.22. The van der Waals surface area contributed by atoms with Crippen LogP contribution in [0.3, 0.4) is 0 Å². The van der Waals surface area contributed by atoms with Gasteiger partial charge in [0.25, 0.3) is 5.69 Å². The molecule has 1 aromatic rings.